The number of aliphatic imine (C=N–C) groups is 1. The van der Waals surface area contributed by atoms with E-state index >= 15 is 0 Å². The molecule has 3 N–H and O–H groups in total. The molecule has 0 unspecified atom stereocenters. The van der Waals surface area contributed by atoms with Crippen LogP contribution in [0.1, 0.15) is 24.1 Å². The number of pyridine rings is 1. The average Bonchev–Trinajstić information content (AvgIpc) is 3.37. The second kappa shape index (κ2) is 12.6. The van der Waals surface area contributed by atoms with E-state index in [0.717, 1.165) is 23.5 Å². The minimum atomic E-state index is -4.27. The first kappa shape index (κ1) is 29.2. The molecule has 2 saturated heterocycles. The number of nitrogens with two attached hydrogens (primary N) is 1. The highest BCUT2D eigenvalue weighted by molar-refractivity contribution is 6.09. The van der Waals surface area contributed by atoms with Crippen molar-refractivity contribution < 1.29 is 31.5 Å². The topological polar surface area (TPSA) is 96.1 Å². The summed E-state index contributed by atoms with van der Waals surface area (Å²) >= 11 is 0. The molecule has 1 aromatic carbocycles. The molecule has 13 heteroatoms. The first-order chi connectivity index (χ1) is 19.0. The number of benzene rings is 1. The Labute approximate surface area is 228 Å². The van der Waals surface area contributed by atoms with E-state index in [4.69, 9.17) is 10.5 Å². The van der Waals surface area contributed by atoms with Gasteiger partial charge in [-0.25, -0.2) is 14.8 Å². The monoisotopic (exact) mass is 566 g/mol. The van der Waals surface area contributed by atoms with Crippen molar-refractivity contribution >= 4 is 29.3 Å². The van der Waals surface area contributed by atoms with E-state index in [-0.39, 0.29) is 18.7 Å². The van der Waals surface area contributed by atoms with Crippen molar-refractivity contribution in [3.05, 3.63) is 47.8 Å². The Morgan fingerprint density at radius 3 is 2.65 bits per heavy atom. The predicted molar refractivity (Wildman–Crippen MR) is 143 cm³/mol. The van der Waals surface area contributed by atoms with Crippen LogP contribution < -0.4 is 16.0 Å². The lowest BCUT2D eigenvalue weighted by Gasteiger charge is -2.28. The number of carbonyl (C=O) groups is 1. The quantitative estimate of drug-likeness (QED) is 0.270. The number of amides is 2. The van der Waals surface area contributed by atoms with Crippen molar-refractivity contribution in [1.29, 1.82) is 0 Å². The molecule has 2 amide bonds. The largest absolute Gasteiger partial charge is 0.404 e. The molecule has 2 fully saturated rings. The molecule has 3 heterocycles. The lowest BCUT2D eigenvalue weighted by Crippen LogP contribution is -2.36. The summed E-state index contributed by atoms with van der Waals surface area (Å²) in [6.07, 6.45) is -2.75. The molecular weight excluding hydrogens is 535 g/mol. The molecule has 2 aliphatic rings. The highest BCUT2D eigenvalue weighted by Crippen LogP contribution is 2.33. The number of alkyl halides is 5. The van der Waals surface area contributed by atoms with E-state index in [1.807, 2.05) is 24.0 Å². The first-order valence-electron chi connectivity index (χ1n) is 12.8. The van der Waals surface area contributed by atoms with Gasteiger partial charge in [-0.1, -0.05) is 6.07 Å². The molecule has 4 rings (SSSR count). The normalized spacial score (nSPS) is 18.7. The molecule has 2 aromatic rings. The van der Waals surface area contributed by atoms with Crippen LogP contribution >= 0.6 is 0 Å². The number of hydrogen-bond acceptors (Lipinski definition) is 6. The van der Waals surface area contributed by atoms with Crippen LogP contribution in [0.25, 0.3) is 16.7 Å². The maximum atomic E-state index is 12.8. The third-order valence-electron chi connectivity index (χ3n) is 6.84. The number of likely N-dealkylation sites (tertiary alicyclic amines) is 1. The van der Waals surface area contributed by atoms with Gasteiger partial charge in [0, 0.05) is 56.3 Å². The molecule has 0 saturated carbocycles. The number of urea groups is 1. The predicted octanol–water partition coefficient (Wildman–Crippen LogP) is 5.29. The van der Waals surface area contributed by atoms with Crippen LogP contribution in [-0.2, 0) is 4.74 Å². The Morgan fingerprint density at radius 2 is 1.98 bits per heavy atom. The fourth-order valence-electron chi connectivity index (χ4n) is 4.83. The number of nitrogens with one attached hydrogen (secondary N) is 1. The number of aromatic nitrogens is 1. The fourth-order valence-corrected chi connectivity index (χ4v) is 4.83. The molecule has 8 nitrogen and oxygen atoms in total. The van der Waals surface area contributed by atoms with Crippen molar-refractivity contribution in [3.8, 4) is 11.1 Å². The van der Waals surface area contributed by atoms with Gasteiger partial charge in [-0.05, 0) is 60.2 Å². The van der Waals surface area contributed by atoms with Crippen LogP contribution in [-0.4, -0.2) is 74.2 Å². The van der Waals surface area contributed by atoms with Crippen LogP contribution in [0, 0.1) is 12.8 Å². The lowest BCUT2D eigenvalue weighted by molar-refractivity contribution is -0.143. The molecule has 0 radical (unpaired) electrons. The summed E-state index contributed by atoms with van der Waals surface area (Å²) in [5, 5.41) is 2.79. The van der Waals surface area contributed by atoms with Crippen molar-refractivity contribution in [1.82, 2.24) is 9.88 Å². The molecule has 40 heavy (non-hydrogen) atoms. The third kappa shape index (κ3) is 7.68. The molecule has 0 spiro atoms. The van der Waals surface area contributed by atoms with Gasteiger partial charge in [-0.2, -0.15) is 22.0 Å². The van der Waals surface area contributed by atoms with Crippen molar-refractivity contribution in [3.63, 3.8) is 0 Å². The van der Waals surface area contributed by atoms with E-state index < -0.39 is 31.1 Å². The van der Waals surface area contributed by atoms with Gasteiger partial charge in [0.1, 0.15) is 5.82 Å². The minimum absolute atomic E-state index is 0.0368. The zero-order chi connectivity index (χ0) is 28.9. The number of rotatable bonds is 7. The number of allylic oxidation sites excluding steroid dienone is 1. The van der Waals surface area contributed by atoms with Gasteiger partial charge >= 0.3 is 18.8 Å². The standard InChI is InChI=1S/C27H31F5N6O2/c1-17-2-3-21(35-26(39)38-5-4-18(16-38)13-27(30,31)32)12-22(17)19-10-23(20(14-33)15-34-25(28)29)36-24(11-19)37-6-8-40-9-7-37/h2-3,10-12,14-15,18,25H,4-9,13,16,33H2,1H3,(H,35,39)/t18-/m0/s1. The van der Waals surface area contributed by atoms with Crippen LogP contribution in [0.5, 0.6) is 0 Å². The van der Waals surface area contributed by atoms with Crippen LogP contribution in [0.4, 0.5) is 38.3 Å². The third-order valence-corrected chi connectivity index (χ3v) is 6.84. The zero-order valence-corrected chi connectivity index (χ0v) is 21.9. The minimum Gasteiger partial charge on any atom is -0.404 e. The van der Waals surface area contributed by atoms with Gasteiger partial charge in [-0.15, -0.1) is 0 Å². The van der Waals surface area contributed by atoms with Gasteiger partial charge in [0.05, 0.1) is 18.9 Å². The Hall–Kier alpha value is -3.74. The summed E-state index contributed by atoms with van der Waals surface area (Å²) in [6, 6.07) is 8.39. The highest BCUT2D eigenvalue weighted by atomic mass is 19.4. The molecule has 216 valence electrons. The Kier molecular flexibility index (Phi) is 9.23. The highest BCUT2D eigenvalue weighted by Gasteiger charge is 2.36. The number of morpholine rings is 1. The van der Waals surface area contributed by atoms with Crippen molar-refractivity contribution in [2.45, 2.75) is 32.5 Å². The number of carbonyl (C=O) groups excluding carboxylic acids is 1. The maximum Gasteiger partial charge on any atom is 0.389 e. The Balaban J connectivity index is 1.62. The summed E-state index contributed by atoms with van der Waals surface area (Å²) in [5.74, 6) is -0.0196. The SMILES string of the molecule is Cc1ccc(NC(=O)N2CC[C@@H](CC(F)(F)F)C2)cc1-c1cc(C(C=NC(F)F)=CN)nc(N2CCOCC2)c1. The Bertz CT molecular complexity index is 1260. The molecular formula is C27H31F5N6O2. The number of hydrogen-bond donors (Lipinski definition) is 2. The van der Waals surface area contributed by atoms with Gasteiger partial charge in [0.2, 0.25) is 0 Å². The number of nitrogens with zero attached hydrogens (tertiary/aromatic N) is 4. The van der Waals surface area contributed by atoms with Gasteiger partial charge in [-0.3, -0.25) is 0 Å². The lowest BCUT2D eigenvalue weighted by atomic mass is 9.98. The van der Waals surface area contributed by atoms with Crippen LogP contribution in [0.2, 0.25) is 0 Å². The van der Waals surface area contributed by atoms with E-state index in [1.54, 1.807) is 18.2 Å². The summed E-state index contributed by atoms with van der Waals surface area (Å²) in [5.41, 5.74) is 9.07. The molecule has 0 aliphatic carbocycles. The smallest absolute Gasteiger partial charge is 0.389 e. The second-order valence-electron chi connectivity index (χ2n) is 9.76. The molecule has 1 atom stereocenters. The first-order valence-corrected chi connectivity index (χ1v) is 12.8. The summed E-state index contributed by atoms with van der Waals surface area (Å²) in [4.78, 5) is 24.0. The average molecular weight is 567 g/mol. The molecule has 2 aliphatic heterocycles. The number of anilines is 2. The maximum absolute atomic E-state index is 12.8. The zero-order valence-electron chi connectivity index (χ0n) is 21.9. The summed E-state index contributed by atoms with van der Waals surface area (Å²) in [6.45, 7) is 1.45. The Morgan fingerprint density at radius 1 is 1.23 bits per heavy atom. The fraction of sp³-hybridized carbons (Fsp3) is 0.444. The van der Waals surface area contributed by atoms with Crippen molar-refractivity contribution in [2.24, 2.45) is 16.6 Å². The number of halogens is 5. The van der Waals surface area contributed by atoms with Crippen LogP contribution in [0.3, 0.4) is 0 Å². The molecule has 1 aromatic heterocycles. The summed E-state index contributed by atoms with van der Waals surface area (Å²) in [7, 11) is 0. The molecule has 0 bridgehead atoms. The van der Waals surface area contributed by atoms with E-state index in [0.29, 0.717) is 55.5 Å². The van der Waals surface area contributed by atoms with Gasteiger partial charge in [0.25, 0.3) is 0 Å². The number of aryl methyl sites for hydroxylation is 1. The van der Waals surface area contributed by atoms with Gasteiger partial charge in [0.15, 0.2) is 0 Å². The number of ether oxygens (including phenoxy) is 1. The summed E-state index contributed by atoms with van der Waals surface area (Å²) < 4.78 is 69.3. The second-order valence-corrected chi connectivity index (χ2v) is 9.76. The van der Waals surface area contributed by atoms with E-state index in [9.17, 15) is 26.7 Å². The van der Waals surface area contributed by atoms with Gasteiger partial charge < -0.3 is 25.6 Å². The van der Waals surface area contributed by atoms with Crippen LogP contribution in [0.15, 0.2) is 41.5 Å². The van der Waals surface area contributed by atoms with E-state index in [1.165, 1.54) is 4.90 Å². The van der Waals surface area contributed by atoms with E-state index in [2.05, 4.69) is 15.3 Å². The van der Waals surface area contributed by atoms with Crippen molar-refractivity contribution in [2.75, 3.05) is 49.6 Å².